The zero-order valence-electron chi connectivity index (χ0n) is 9.96. The number of para-hydroxylation sites is 1. The first kappa shape index (κ1) is 11.5. The van der Waals surface area contributed by atoms with Gasteiger partial charge in [-0.15, -0.1) is 0 Å². The van der Waals surface area contributed by atoms with E-state index in [1.54, 1.807) is 18.2 Å². The minimum atomic E-state index is -0.374. The van der Waals surface area contributed by atoms with E-state index in [4.69, 9.17) is 10.3 Å². The summed E-state index contributed by atoms with van der Waals surface area (Å²) in [6.07, 6.45) is 1.96. The number of hydrogen-bond acceptors (Lipinski definition) is 6. The Hall–Kier alpha value is -2.57. The van der Waals surface area contributed by atoms with E-state index in [1.807, 2.05) is 0 Å². The molecule has 1 saturated carbocycles. The summed E-state index contributed by atoms with van der Waals surface area (Å²) in [6.45, 7) is 0. The number of anilines is 1. The van der Waals surface area contributed by atoms with Gasteiger partial charge in [0.25, 0.3) is 17.6 Å². The average Bonchev–Trinajstić information content (AvgIpc) is 3.06. The molecule has 1 aliphatic rings. The van der Waals surface area contributed by atoms with Crippen LogP contribution in [0, 0.1) is 0 Å². The van der Waals surface area contributed by atoms with Crippen LogP contribution in [0.25, 0.3) is 11.5 Å². The number of carbonyl (C=O) groups is 1. The first-order valence-electron chi connectivity index (χ1n) is 5.87. The highest BCUT2D eigenvalue weighted by Crippen LogP contribution is 2.32. The number of rotatable bonds is 3. The maximum absolute atomic E-state index is 11.7. The molecule has 0 saturated heterocycles. The van der Waals surface area contributed by atoms with E-state index in [9.17, 15) is 9.90 Å². The van der Waals surface area contributed by atoms with Crippen molar-refractivity contribution in [3.8, 4) is 17.2 Å². The van der Waals surface area contributed by atoms with Gasteiger partial charge in [-0.25, -0.2) is 0 Å². The number of phenolic OH excluding ortho intramolecular Hbond substituents is 1. The fourth-order valence-electron chi connectivity index (χ4n) is 1.64. The molecule has 0 spiro atoms. The van der Waals surface area contributed by atoms with Gasteiger partial charge in [0, 0.05) is 6.04 Å². The molecule has 1 heterocycles. The number of phenols is 1. The standard InChI is InChI=1S/C12H12N4O3/c13-8-3-1-2-7(9(8)17)12-15-10(16-19-12)11(18)14-6-4-5-6/h1-3,6,17H,4-5,13H2,(H,14,18). The molecule has 19 heavy (non-hydrogen) atoms. The number of nitrogen functional groups attached to an aromatic ring is 1. The summed E-state index contributed by atoms with van der Waals surface area (Å²) in [6, 6.07) is 5.01. The van der Waals surface area contributed by atoms with Crippen LogP contribution in [0.15, 0.2) is 22.7 Å². The summed E-state index contributed by atoms with van der Waals surface area (Å²) in [5, 5.41) is 16.1. The van der Waals surface area contributed by atoms with E-state index >= 15 is 0 Å². The molecule has 0 atom stereocenters. The predicted octanol–water partition coefficient (Wildman–Crippen LogP) is 0.917. The van der Waals surface area contributed by atoms with Gasteiger partial charge in [0.05, 0.1) is 11.3 Å². The number of hydrogen-bond donors (Lipinski definition) is 3. The first-order valence-corrected chi connectivity index (χ1v) is 5.87. The van der Waals surface area contributed by atoms with Crippen molar-refractivity contribution in [2.75, 3.05) is 5.73 Å². The lowest BCUT2D eigenvalue weighted by Gasteiger charge is -2.01. The quantitative estimate of drug-likeness (QED) is 0.558. The van der Waals surface area contributed by atoms with Gasteiger partial charge >= 0.3 is 0 Å². The summed E-state index contributed by atoms with van der Waals surface area (Å²) >= 11 is 0. The van der Waals surface area contributed by atoms with Gasteiger partial charge in [0.15, 0.2) is 5.75 Å². The summed E-state index contributed by atoms with van der Waals surface area (Å²) in [5.41, 5.74) is 6.09. The molecule has 1 aromatic carbocycles. The molecular formula is C12H12N4O3. The SMILES string of the molecule is Nc1cccc(-c2nc(C(=O)NC3CC3)no2)c1O. The van der Waals surface area contributed by atoms with E-state index in [0.29, 0.717) is 5.56 Å². The van der Waals surface area contributed by atoms with Crippen LogP contribution >= 0.6 is 0 Å². The maximum atomic E-state index is 11.7. The summed E-state index contributed by atoms with van der Waals surface area (Å²) in [4.78, 5) is 15.7. The molecule has 0 unspecified atom stereocenters. The van der Waals surface area contributed by atoms with Crippen LogP contribution in [0.4, 0.5) is 5.69 Å². The Morgan fingerprint density at radius 2 is 2.26 bits per heavy atom. The number of aromatic nitrogens is 2. The van der Waals surface area contributed by atoms with Crippen LogP contribution in [-0.2, 0) is 0 Å². The normalized spacial score (nSPS) is 14.3. The largest absolute Gasteiger partial charge is 0.505 e. The molecule has 1 aliphatic carbocycles. The van der Waals surface area contributed by atoms with Crippen molar-refractivity contribution < 1.29 is 14.4 Å². The highest BCUT2D eigenvalue weighted by atomic mass is 16.5. The minimum absolute atomic E-state index is 0.0521. The Labute approximate surface area is 108 Å². The molecule has 1 aromatic heterocycles. The molecule has 0 bridgehead atoms. The van der Waals surface area contributed by atoms with E-state index < -0.39 is 0 Å². The number of nitrogens with zero attached hydrogens (tertiary/aromatic N) is 2. The molecule has 0 aliphatic heterocycles. The van der Waals surface area contributed by atoms with Crippen LogP contribution in [0.1, 0.15) is 23.5 Å². The van der Waals surface area contributed by atoms with Crippen molar-refractivity contribution in [2.24, 2.45) is 0 Å². The van der Waals surface area contributed by atoms with Crippen molar-refractivity contribution in [3.63, 3.8) is 0 Å². The zero-order valence-corrected chi connectivity index (χ0v) is 9.96. The molecule has 1 fully saturated rings. The van der Waals surface area contributed by atoms with Crippen molar-refractivity contribution in [1.29, 1.82) is 0 Å². The maximum Gasteiger partial charge on any atom is 0.292 e. The lowest BCUT2D eigenvalue weighted by atomic mass is 10.2. The van der Waals surface area contributed by atoms with Crippen LogP contribution < -0.4 is 11.1 Å². The molecule has 7 nitrogen and oxygen atoms in total. The Bertz CT molecular complexity index is 634. The number of amides is 1. The smallest absolute Gasteiger partial charge is 0.292 e. The van der Waals surface area contributed by atoms with Gasteiger partial charge in [-0.05, 0) is 25.0 Å². The Kier molecular flexibility index (Phi) is 2.59. The minimum Gasteiger partial charge on any atom is -0.505 e. The second kappa shape index (κ2) is 4.27. The van der Waals surface area contributed by atoms with Crippen molar-refractivity contribution in [3.05, 3.63) is 24.0 Å². The highest BCUT2D eigenvalue weighted by Gasteiger charge is 2.26. The van der Waals surface area contributed by atoms with Gasteiger partial charge in [-0.3, -0.25) is 4.79 Å². The van der Waals surface area contributed by atoms with Crippen LogP contribution in [0.5, 0.6) is 5.75 Å². The second-order valence-electron chi connectivity index (χ2n) is 4.41. The predicted molar refractivity (Wildman–Crippen MR) is 66.3 cm³/mol. The lowest BCUT2D eigenvalue weighted by Crippen LogP contribution is -2.26. The Morgan fingerprint density at radius 1 is 1.47 bits per heavy atom. The second-order valence-corrected chi connectivity index (χ2v) is 4.41. The number of benzene rings is 1. The summed E-state index contributed by atoms with van der Waals surface area (Å²) in [5.74, 6) is -0.504. The van der Waals surface area contributed by atoms with Crippen LogP contribution in [0.3, 0.4) is 0 Å². The highest BCUT2D eigenvalue weighted by molar-refractivity contribution is 5.91. The topological polar surface area (TPSA) is 114 Å². The fourth-order valence-corrected chi connectivity index (χ4v) is 1.64. The third-order valence-corrected chi connectivity index (χ3v) is 2.84. The molecule has 7 heteroatoms. The number of carbonyl (C=O) groups excluding carboxylic acids is 1. The molecule has 98 valence electrons. The average molecular weight is 260 g/mol. The van der Waals surface area contributed by atoms with Gasteiger partial charge < -0.3 is 20.7 Å². The molecule has 4 N–H and O–H groups in total. The van der Waals surface area contributed by atoms with E-state index in [0.717, 1.165) is 12.8 Å². The molecular weight excluding hydrogens is 248 g/mol. The zero-order chi connectivity index (χ0) is 13.4. The molecule has 3 rings (SSSR count). The lowest BCUT2D eigenvalue weighted by molar-refractivity contribution is 0.0937. The van der Waals surface area contributed by atoms with E-state index in [-0.39, 0.29) is 35.1 Å². The molecule has 0 radical (unpaired) electrons. The van der Waals surface area contributed by atoms with Crippen LogP contribution in [-0.4, -0.2) is 27.2 Å². The number of nitrogens with two attached hydrogens (primary N) is 1. The van der Waals surface area contributed by atoms with Crippen molar-refractivity contribution in [1.82, 2.24) is 15.5 Å². The third-order valence-electron chi connectivity index (χ3n) is 2.84. The number of aromatic hydroxyl groups is 1. The monoisotopic (exact) mass is 260 g/mol. The molecule has 2 aromatic rings. The number of nitrogens with one attached hydrogen (secondary N) is 1. The summed E-state index contributed by atoms with van der Waals surface area (Å²) in [7, 11) is 0. The van der Waals surface area contributed by atoms with Crippen molar-refractivity contribution >= 4 is 11.6 Å². The summed E-state index contributed by atoms with van der Waals surface area (Å²) < 4.78 is 4.97. The first-order chi connectivity index (χ1) is 9.15. The fraction of sp³-hybridized carbons (Fsp3) is 0.250. The Balaban J connectivity index is 1.87. The Morgan fingerprint density at radius 3 is 3.00 bits per heavy atom. The van der Waals surface area contributed by atoms with E-state index in [1.165, 1.54) is 0 Å². The van der Waals surface area contributed by atoms with Gasteiger partial charge in [0.2, 0.25) is 0 Å². The van der Waals surface area contributed by atoms with Crippen LogP contribution in [0.2, 0.25) is 0 Å². The molecule has 1 amide bonds. The van der Waals surface area contributed by atoms with Gasteiger partial charge in [-0.1, -0.05) is 11.2 Å². The van der Waals surface area contributed by atoms with Crippen molar-refractivity contribution in [2.45, 2.75) is 18.9 Å². The van der Waals surface area contributed by atoms with Gasteiger partial charge in [-0.2, -0.15) is 4.98 Å². The third kappa shape index (κ3) is 2.22. The van der Waals surface area contributed by atoms with Gasteiger partial charge in [0.1, 0.15) is 0 Å². The van der Waals surface area contributed by atoms with E-state index in [2.05, 4.69) is 15.5 Å².